The van der Waals surface area contributed by atoms with Gasteiger partial charge in [0.25, 0.3) is 0 Å². The fraction of sp³-hybridized carbons (Fsp3) is 0.286. The minimum atomic E-state index is -0.0102. The Balaban J connectivity index is 0.919. The van der Waals surface area contributed by atoms with Crippen LogP contribution in [0.4, 0.5) is 0 Å². The maximum Gasteiger partial charge on any atom is 0.700 e. The molecule has 0 unspecified atom stereocenters. The molecule has 2 aliphatic carbocycles. The molecule has 1 aliphatic heterocycles. The van der Waals surface area contributed by atoms with Gasteiger partial charge in [0, 0.05) is 11.8 Å². The molecule has 2 N–H and O–H groups in total. The van der Waals surface area contributed by atoms with Crippen LogP contribution >= 0.6 is 0 Å². The SMILES string of the molecule is C[C@@H](NC(=O)C1CCC(c2cccc3cccc(-c4ccc(-c5cccc6cccc(C7CCC(C(=O)N[C@H](C)c8ccccc8)CC7)c56)c5c4=[N+]=S=[N+]=5)c23)CC1)c1ccccc1. The van der Waals surface area contributed by atoms with Crippen molar-refractivity contribution in [2.24, 2.45) is 11.8 Å². The highest BCUT2D eigenvalue weighted by molar-refractivity contribution is 7.55. The van der Waals surface area contributed by atoms with Crippen LogP contribution in [-0.4, -0.2) is 11.8 Å². The zero-order chi connectivity index (χ0) is 42.9. The lowest BCUT2D eigenvalue weighted by Gasteiger charge is -2.30. The molecule has 0 aromatic heterocycles. The normalized spacial score (nSPS) is 20.2. The number of hydrogen-bond donors (Lipinski definition) is 2. The Morgan fingerprint density at radius 1 is 0.460 bits per heavy atom. The summed E-state index contributed by atoms with van der Waals surface area (Å²) in [4.78, 5) is 26.9. The second kappa shape index (κ2) is 17.8. The molecular formula is C56H54N4O2S+2. The number of amides is 2. The summed E-state index contributed by atoms with van der Waals surface area (Å²) >= 11 is 1.28. The predicted octanol–water partition coefficient (Wildman–Crippen LogP) is 10.5. The maximum atomic E-state index is 13.4. The van der Waals surface area contributed by atoms with Gasteiger partial charge in [-0.25, -0.2) is 0 Å². The van der Waals surface area contributed by atoms with Crippen LogP contribution in [0.25, 0.3) is 43.8 Å². The van der Waals surface area contributed by atoms with Gasteiger partial charge in [0.05, 0.1) is 31.3 Å². The zero-order valence-electron chi connectivity index (χ0n) is 36.1. The number of carbonyl (C=O) groups excluding carboxylic acids is 2. The van der Waals surface area contributed by atoms with Crippen molar-refractivity contribution < 1.29 is 9.59 Å². The lowest BCUT2D eigenvalue weighted by Crippen LogP contribution is -2.34. The molecule has 2 atom stereocenters. The van der Waals surface area contributed by atoms with E-state index < -0.39 is 0 Å². The average molecular weight is 847 g/mol. The van der Waals surface area contributed by atoms with E-state index in [9.17, 15) is 9.59 Å². The highest BCUT2D eigenvalue weighted by Gasteiger charge is 2.33. The zero-order valence-corrected chi connectivity index (χ0v) is 36.9. The van der Waals surface area contributed by atoms with Gasteiger partial charge in [0.15, 0.2) is 0 Å². The molecule has 3 aliphatic rings. The van der Waals surface area contributed by atoms with Gasteiger partial charge in [0.1, 0.15) is 0 Å². The van der Waals surface area contributed by atoms with Gasteiger partial charge in [-0.05, 0) is 144 Å². The summed E-state index contributed by atoms with van der Waals surface area (Å²) in [6, 6.07) is 51.7. The van der Waals surface area contributed by atoms with Crippen LogP contribution in [-0.2, 0) is 20.9 Å². The van der Waals surface area contributed by atoms with Gasteiger partial charge < -0.3 is 10.6 Å². The number of fused-ring (bicyclic) bond motifs is 3. The Bertz CT molecular complexity index is 2860. The molecule has 7 heteroatoms. The van der Waals surface area contributed by atoms with E-state index in [0.717, 1.165) is 84.3 Å². The maximum absolute atomic E-state index is 13.4. The first kappa shape index (κ1) is 40.7. The molecule has 6 nitrogen and oxygen atoms in total. The molecule has 1 heterocycles. The Labute approximate surface area is 373 Å². The topological polar surface area (TPSA) is 86.4 Å². The van der Waals surface area contributed by atoms with Crippen molar-refractivity contribution >= 4 is 44.7 Å². The molecule has 0 spiro atoms. The third-order valence-electron chi connectivity index (χ3n) is 14.3. The van der Waals surface area contributed by atoms with Crippen molar-refractivity contribution in [2.45, 2.75) is 89.1 Å². The molecule has 2 amide bonds. The van der Waals surface area contributed by atoms with Gasteiger partial charge >= 0.3 is 22.1 Å². The summed E-state index contributed by atoms with van der Waals surface area (Å²) in [6.45, 7) is 4.14. The van der Waals surface area contributed by atoms with E-state index in [4.69, 9.17) is 8.08 Å². The van der Waals surface area contributed by atoms with Crippen molar-refractivity contribution in [3.05, 3.63) is 179 Å². The summed E-state index contributed by atoms with van der Waals surface area (Å²) in [5.41, 5.74) is 9.54. The lowest BCUT2D eigenvalue weighted by molar-refractivity contribution is -0.127. The number of rotatable bonds is 10. The van der Waals surface area contributed by atoms with Gasteiger partial charge in [-0.15, -0.1) is 0 Å². The predicted molar refractivity (Wildman–Crippen MR) is 257 cm³/mol. The Hall–Kier alpha value is -6.36. The van der Waals surface area contributed by atoms with Crippen molar-refractivity contribution in [3.63, 3.8) is 0 Å². The van der Waals surface area contributed by atoms with E-state index in [1.54, 1.807) is 0 Å². The van der Waals surface area contributed by atoms with Gasteiger partial charge in [-0.2, -0.15) is 0 Å². The standard InChI is InChI=1S/C56H52N4O2S/c1-35(37-13-5-3-6-14-37)57-55(61)43-29-25-39(26-30-43)45-21-9-17-41-19-11-23-47(51(41)45)49-33-34-50(54-53(49)59-63-60-54)48-24-12-20-42-18-10-22-46(52(42)48)40-27-31-44(32-28-40)56(62)58-36(2)38-15-7-4-8-16-38/h3-24,33-36,39-40,43-44H,25-32H2,1-2H3/p+2/t35-,36-,39?,40?,43?,44?/m1/s1. The fourth-order valence-electron chi connectivity index (χ4n) is 10.8. The number of benzene rings is 7. The minimum absolute atomic E-state index is 0.0102. The minimum Gasteiger partial charge on any atom is -0.349 e. The first-order valence-electron chi connectivity index (χ1n) is 22.9. The number of hydrogen-bond acceptors (Lipinski definition) is 2. The summed E-state index contributed by atoms with van der Waals surface area (Å²) in [5, 5.41) is 13.4. The van der Waals surface area contributed by atoms with Gasteiger partial charge in [-0.3, -0.25) is 9.59 Å². The van der Waals surface area contributed by atoms with Crippen LogP contribution in [0.5, 0.6) is 0 Å². The highest BCUT2D eigenvalue weighted by Crippen LogP contribution is 2.43. The van der Waals surface area contributed by atoms with E-state index in [2.05, 4.69) is 134 Å². The van der Waals surface area contributed by atoms with Crippen LogP contribution < -0.4 is 29.4 Å². The molecule has 2 saturated carbocycles. The average Bonchev–Trinajstić information content (AvgIpc) is 3.84. The molecule has 2 fully saturated rings. The monoisotopic (exact) mass is 846 g/mol. The first-order valence-corrected chi connectivity index (χ1v) is 23.6. The number of carbonyl (C=O) groups is 2. The largest absolute Gasteiger partial charge is 0.700 e. The van der Waals surface area contributed by atoms with Crippen LogP contribution in [0.15, 0.2) is 146 Å². The second-order valence-electron chi connectivity index (χ2n) is 18.0. The van der Waals surface area contributed by atoms with E-state index in [1.807, 2.05) is 36.4 Å². The van der Waals surface area contributed by atoms with Crippen LogP contribution in [0.3, 0.4) is 0 Å². The molecule has 7 aromatic carbocycles. The summed E-state index contributed by atoms with van der Waals surface area (Å²) in [7, 11) is 0. The molecule has 10 rings (SSSR count). The number of nitrogens with zero attached hydrogens (tertiary/aromatic N) is 2. The number of nitrogens with one attached hydrogen (secondary N) is 2. The van der Waals surface area contributed by atoms with Crippen molar-refractivity contribution in [1.29, 1.82) is 0 Å². The summed E-state index contributed by atoms with van der Waals surface area (Å²) in [6.07, 6.45) is 7.42. The Kier molecular flexibility index (Phi) is 11.5. The van der Waals surface area contributed by atoms with Crippen LogP contribution in [0.2, 0.25) is 0 Å². The molecule has 0 radical (unpaired) electrons. The molecule has 0 saturated heterocycles. The van der Waals surface area contributed by atoms with E-state index >= 15 is 0 Å². The van der Waals surface area contributed by atoms with Crippen molar-refractivity contribution in [2.75, 3.05) is 0 Å². The molecule has 314 valence electrons. The third-order valence-corrected chi connectivity index (χ3v) is 14.8. The molecular weight excluding hydrogens is 793 g/mol. The molecule has 7 aromatic rings. The smallest absolute Gasteiger partial charge is 0.349 e. The fourth-order valence-corrected chi connectivity index (χ4v) is 11.4. The Morgan fingerprint density at radius 3 is 1.24 bits per heavy atom. The summed E-state index contributed by atoms with van der Waals surface area (Å²) < 4.78 is 10.0. The van der Waals surface area contributed by atoms with Crippen molar-refractivity contribution in [3.8, 4) is 22.3 Å². The summed E-state index contributed by atoms with van der Waals surface area (Å²) in [5.74, 6) is 1.12. The first-order chi connectivity index (χ1) is 30.9. The molecule has 63 heavy (non-hydrogen) atoms. The van der Waals surface area contributed by atoms with Gasteiger partial charge in [0.2, 0.25) is 11.8 Å². The van der Waals surface area contributed by atoms with E-state index in [1.165, 1.54) is 55.2 Å². The highest BCUT2D eigenvalue weighted by atomic mass is 32.1. The third kappa shape index (κ3) is 8.09. The van der Waals surface area contributed by atoms with Crippen LogP contribution in [0, 0.1) is 11.8 Å². The van der Waals surface area contributed by atoms with E-state index in [-0.39, 0.29) is 35.7 Å². The second-order valence-corrected chi connectivity index (χ2v) is 18.5. The van der Waals surface area contributed by atoms with Crippen LogP contribution in [0.1, 0.15) is 111 Å². The van der Waals surface area contributed by atoms with E-state index in [0.29, 0.717) is 11.8 Å². The quantitative estimate of drug-likeness (QED) is 0.134. The van der Waals surface area contributed by atoms with Crippen molar-refractivity contribution in [1.82, 2.24) is 18.7 Å². The molecule has 0 bridgehead atoms. The van der Waals surface area contributed by atoms with Gasteiger partial charge in [-0.1, -0.05) is 133 Å². The lowest BCUT2D eigenvalue weighted by atomic mass is 9.76. The Morgan fingerprint density at radius 2 is 0.841 bits per heavy atom.